The summed E-state index contributed by atoms with van der Waals surface area (Å²) < 4.78 is 38.8. The van der Waals surface area contributed by atoms with Crippen LogP contribution in [-0.4, -0.2) is 34.6 Å². The predicted octanol–water partition coefficient (Wildman–Crippen LogP) is 4.01. The van der Waals surface area contributed by atoms with E-state index >= 15 is 0 Å². The van der Waals surface area contributed by atoms with Crippen LogP contribution in [0.5, 0.6) is 0 Å². The van der Waals surface area contributed by atoms with Gasteiger partial charge in [0.15, 0.2) is 0 Å². The first kappa shape index (κ1) is 16.6. The molecule has 2 heterocycles. The molecule has 120 valence electrons. The first-order valence-electron chi connectivity index (χ1n) is 6.94. The van der Waals surface area contributed by atoms with E-state index in [1.165, 1.54) is 4.90 Å². The van der Waals surface area contributed by atoms with Crippen molar-refractivity contribution in [1.29, 1.82) is 0 Å². The van der Waals surface area contributed by atoms with Crippen molar-refractivity contribution in [1.82, 2.24) is 9.47 Å². The van der Waals surface area contributed by atoms with E-state index in [9.17, 15) is 18.0 Å². The third kappa shape index (κ3) is 4.37. The Morgan fingerprint density at radius 2 is 2.09 bits per heavy atom. The number of nitrogens with zero attached hydrogens (tertiary/aromatic N) is 2. The fourth-order valence-corrected chi connectivity index (χ4v) is 2.85. The highest BCUT2D eigenvalue weighted by Gasteiger charge is 2.29. The molecule has 2 rings (SSSR count). The summed E-state index contributed by atoms with van der Waals surface area (Å²) in [6, 6.07) is 7.26. The topological polar surface area (TPSA) is 25.2 Å². The molecule has 2 aromatic heterocycles. The Bertz CT molecular complexity index is 605. The molecule has 0 saturated heterocycles. The molecule has 0 fully saturated rings. The van der Waals surface area contributed by atoms with E-state index in [1.54, 1.807) is 41.2 Å². The number of alkyl halides is 3. The molecule has 0 aliphatic heterocycles. The van der Waals surface area contributed by atoms with Crippen molar-refractivity contribution in [3.8, 4) is 0 Å². The minimum Gasteiger partial charge on any atom is -0.338 e. The standard InChI is InChI=1S/C15H17F3N2OS/c1-2-19(9-7-15(16,17)18)14(21)13-6-3-8-20(13)11-12-5-4-10-22-12/h3-6,8,10H,2,7,9,11H2,1H3. The number of amides is 1. The first-order chi connectivity index (χ1) is 10.4. The molecular formula is C15H17F3N2OS. The highest BCUT2D eigenvalue weighted by molar-refractivity contribution is 7.09. The molecule has 0 N–H and O–H groups in total. The van der Waals surface area contributed by atoms with Crippen molar-refractivity contribution in [3.05, 3.63) is 46.4 Å². The fourth-order valence-electron chi connectivity index (χ4n) is 2.14. The third-order valence-corrected chi connectivity index (χ3v) is 4.15. The molecule has 0 aliphatic carbocycles. The number of aromatic nitrogens is 1. The largest absolute Gasteiger partial charge is 0.390 e. The zero-order valence-electron chi connectivity index (χ0n) is 12.1. The van der Waals surface area contributed by atoms with Gasteiger partial charge in [0.25, 0.3) is 5.91 Å². The first-order valence-corrected chi connectivity index (χ1v) is 7.82. The summed E-state index contributed by atoms with van der Waals surface area (Å²) in [5.74, 6) is -0.367. The van der Waals surface area contributed by atoms with Crippen molar-refractivity contribution < 1.29 is 18.0 Å². The van der Waals surface area contributed by atoms with Gasteiger partial charge >= 0.3 is 6.18 Å². The maximum absolute atomic E-state index is 12.4. The van der Waals surface area contributed by atoms with Crippen LogP contribution in [0.15, 0.2) is 35.8 Å². The van der Waals surface area contributed by atoms with E-state index in [-0.39, 0.29) is 19.0 Å². The SMILES string of the molecule is CCN(CCC(F)(F)F)C(=O)c1cccn1Cc1cccs1. The van der Waals surface area contributed by atoms with Gasteiger partial charge in [-0.25, -0.2) is 0 Å². The Balaban J connectivity index is 2.09. The van der Waals surface area contributed by atoms with Crippen LogP contribution < -0.4 is 0 Å². The lowest BCUT2D eigenvalue weighted by Gasteiger charge is -2.22. The van der Waals surface area contributed by atoms with Gasteiger partial charge in [-0.15, -0.1) is 11.3 Å². The molecule has 0 spiro atoms. The van der Waals surface area contributed by atoms with Crippen LogP contribution in [0.4, 0.5) is 13.2 Å². The molecule has 0 saturated carbocycles. The zero-order chi connectivity index (χ0) is 16.2. The fraction of sp³-hybridized carbons (Fsp3) is 0.400. The highest BCUT2D eigenvalue weighted by atomic mass is 32.1. The Kier molecular flexibility index (Phi) is 5.28. The van der Waals surface area contributed by atoms with Crippen molar-refractivity contribution in [2.75, 3.05) is 13.1 Å². The average molecular weight is 330 g/mol. The maximum Gasteiger partial charge on any atom is 0.390 e. The molecule has 2 aromatic rings. The summed E-state index contributed by atoms with van der Waals surface area (Å²) in [7, 11) is 0. The number of carbonyl (C=O) groups is 1. The molecule has 0 atom stereocenters. The predicted molar refractivity (Wildman–Crippen MR) is 80.1 cm³/mol. The number of thiophene rings is 1. The van der Waals surface area contributed by atoms with Gasteiger partial charge in [0, 0.05) is 24.2 Å². The monoisotopic (exact) mass is 330 g/mol. The summed E-state index contributed by atoms with van der Waals surface area (Å²) in [4.78, 5) is 14.8. The number of hydrogen-bond acceptors (Lipinski definition) is 2. The van der Waals surface area contributed by atoms with E-state index in [0.717, 1.165) is 4.88 Å². The quantitative estimate of drug-likeness (QED) is 0.785. The van der Waals surface area contributed by atoms with Gasteiger partial charge in [-0.1, -0.05) is 6.07 Å². The zero-order valence-corrected chi connectivity index (χ0v) is 13.0. The van der Waals surface area contributed by atoms with Gasteiger partial charge in [0.1, 0.15) is 5.69 Å². The van der Waals surface area contributed by atoms with Crippen LogP contribution >= 0.6 is 11.3 Å². The minimum atomic E-state index is -4.26. The summed E-state index contributed by atoms with van der Waals surface area (Å²) in [5.41, 5.74) is 0.414. The molecule has 0 aromatic carbocycles. The van der Waals surface area contributed by atoms with Crippen LogP contribution in [0.25, 0.3) is 0 Å². The van der Waals surface area contributed by atoms with E-state index in [0.29, 0.717) is 12.2 Å². The van der Waals surface area contributed by atoms with E-state index < -0.39 is 12.6 Å². The normalized spacial score (nSPS) is 11.6. The van der Waals surface area contributed by atoms with Gasteiger partial charge in [0.2, 0.25) is 0 Å². The lowest BCUT2D eigenvalue weighted by atomic mass is 10.3. The average Bonchev–Trinajstić information content (AvgIpc) is 3.10. The molecule has 22 heavy (non-hydrogen) atoms. The van der Waals surface area contributed by atoms with Gasteiger partial charge in [0.05, 0.1) is 13.0 Å². The van der Waals surface area contributed by atoms with Gasteiger partial charge < -0.3 is 9.47 Å². The van der Waals surface area contributed by atoms with E-state index in [1.807, 2.05) is 17.5 Å². The second-order valence-corrected chi connectivity index (χ2v) is 5.88. The van der Waals surface area contributed by atoms with Gasteiger partial charge in [-0.05, 0) is 30.5 Å². The molecule has 0 unspecified atom stereocenters. The minimum absolute atomic E-state index is 0.249. The van der Waals surface area contributed by atoms with E-state index in [2.05, 4.69) is 0 Å². The van der Waals surface area contributed by atoms with Crippen LogP contribution in [-0.2, 0) is 6.54 Å². The Labute approximate surface area is 131 Å². The number of rotatable bonds is 6. The van der Waals surface area contributed by atoms with Crippen LogP contribution in [0.2, 0.25) is 0 Å². The highest BCUT2D eigenvalue weighted by Crippen LogP contribution is 2.21. The molecule has 0 radical (unpaired) electrons. The summed E-state index contributed by atoms with van der Waals surface area (Å²) >= 11 is 1.57. The summed E-state index contributed by atoms with van der Waals surface area (Å²) in [5, 5.41) is 1.95. The van der Waals surface area contributed by atoms with Crippen molar-refractivity contribution in [2.45, 2.75) is 26.1 Å². The number of halogens is 3. The Morgan fingerprint density at radius 1 is 1.32 bits per heavy atom. The van der Waals surface area contributed by atoms with Crippen molar-refractivity contribution in [3.63, 3.8) is 0 Å². The molecule has 0 aliphatic rings. The molecule has 7 heteroatoms. The molecule has 0 bridgehead atoms. The lowest BCUT2D eigenvalue weighted by Crippen LogP contribution is -2.35. The Morgan fingerprint density at radius 3 is 2.68 bits per heavy atom. The maximum atomic E-state index is 12.4. The second-order valence-electron chi connectivity index (χ2n) is 4.85. The smallest absolute Gasteiger partial charge is 0.338 e. The van der Waals surface area contributed by atoms with Crippen LogP contribution in [0.3, 0.4) is 0 Å². The number of hydrogen-bond donors (Lipinski definition) is 0. The van der Waals surface area contributed by atoms with Crippen LogP contribution in [0.1, 0.15) is 28.7 Å². The molecule has 3 nitrogen and oxygen atoms in total. The molecule has 1 amide bonds. The molecular weight excluding hydrogens is 313 g/mol. The summed E-state index contributed by atoms with van der Waals surface area (Å²) in [6.45, 7) is 2.16. The van der Waals surface area contributed by atoms with E-state index in [4.69, 9.17) is 0 Å². The van der Waals surface area contributed by atoms with Gasteiger partial charge in [-0.2, -0.15) is 13.2 Å². The van der Waals surface area contributed by atoms with Crippen molar-refractivity contribution in [2.24, 2.45) is 0 Å². The van der Waals surface area contributed by atoms with Crippen molar-refractivity contribution >= 4 is 17.2 Å². The Hall–Kier alpha value is -1.76. The summed E-state index contributed by atoms with van der Waals surface area (Å²) in [6.07, 6.45) is -3.48. The number of carbonyl (C=O) groups excluding carboxylic acids is 1. The van der Waals surface area contributed by atoms with Gasteiger partial charge in [-0.3, -0.25) is 4.79 Å². The van der Waals surface area contributed by atoms with Crippen LogP contribution in [0, 0.1) is 0 Å². The second kappa shape index (κ2) is 7.00. The third-order valence-electron chi connectivity index (χ3n) is 3.29. The lowest BCUT2D eigenvalue weighted by molar-refractivity contribution is -0.136.